The first-order valence-corrected chi connectivity index (χ1v) is 9.18. The van der Waals surface area contributed by atoms with Crippen molar-refractivity contribution in [3.05, 3.63) is 0 Å². The van der Waals surface area contributed by atoms with E-state index in [1.807, 2.05) is 27.7 Å². The van der Waals surface area contributed by atoms with Crippen LogP contribution in [-0.4, -0.2) is 48.9 Å². The van der Waals surface area contributed by atoms with Crippen LogP contribution < -0.4 is 4.72 Å². The van der Waals surface area contributed by atoms with Crippen LogP contribution in [0.4, 0.5) is 4.79 Å². The number of nitrogens with zero attached hydrogens (tertiary/aromatic N) is 1. The summed E-state index contributed by atoms with van der Waals surface area (Å²) in [6.45, 7) is 7.87. The Balaban J connectivity index is 0.00000242. The number of nitrogens with one attached hydrogen (secondary N) is 1. The maximum Gasteiger partial charge on any atom is 0.410 e. The van der Waals surface area contributed by atoms with Gasteiger partial charge in [0, 0.05) is 20.1 Å². The first-order chi connectivity index (χ1) is 9.62. The van der Waals surface area contributed by atoms with E-state index in [2.05, 4.69) is 4.72 Å². The second-order valence-electron chi connectivity index (χ2n) is 6.99. The molecule has 0 aromatic carbocycles. The highest BCUT2D eigenvalue weighted by Crippen LogP contribution is 2.30. The van der Waals surface area contributed by atoms with Gasteiger partial charge in [0.2, 0.25) is 10.0 Å². The summed E-state index contributed by atoms with van der Waals surface area (Å²) in [5, 5.41) is -0.229. The molecule has 2 aliphatic rings. The maximum atomic E-state index is 12.2. The zero-order valence-electron chi connectivity index (χ0n) is 13.3. The second-order valence-corrected chi connectivity index (χ2v) is 8.98. The van der Waals surface area contributed by atoms with Crippen LogP contribution in [0.2, 0.25) is 0 Å². The Bertz CT molecular complexity index is 499. The number of carbonyl (C=O) groups excluding carboxylic acids is 1. The SMILES string of the molecule is CC[C@@H]1C[C@H](NS(=O)(=O)C2CC2)CN1C(=O)OC(C)(C)C.[HH]. The van der Waals surface area contributed by atoms with Crippen molar-refractivity contribution in [2.75, 3.05) is 6.54 Å². The smallest absolute Gasteiger partial charge is 0.410 e. The minimum Gasteiger partial charge on any atom is -0.444 e. The summed E-state index contributed by atoms with van der Waals surface area (Å²) in [6.07, 6.45) is 2.58. The molecule has 1 saturated carbocycles. The summed E-state index contributed by atoms with van der Waals surface area (Å²) in [6, 6.07) is -0.167. The van der Waals surface area contributed by atoms with E-state index in [0.717, 1.165) is 19.3 Å². The van der Waals surface area contributed by atoms with Crippen molar-refractivity contribution in [1.29, 1.82) is 0 Å². The Morgan fingerprint density at radius 1 is 1.38 bits per heavy atom. The monoisotopic (exact) mass is 320 g/mol. The van der Waals surface area contributed by atoms with Gasteiger partial charge >= 0.3 is 6.09 Å². The van der Waals surface area contributed by atoms with Gasteiger partial charge in [-0.15, -0.1) is 0 Å². The summed E-state index contributed by atoms with van der Waals surface area (Å²) in [4.78, 5) is 13.9. The quantitative estimate of drug-likeness (QED) is 0.860. The molecule has 21 heavy (non-hydrogen) atoms. The van der Waals surface area contributed by atoms with Crippen LogP contribution in [0.25, 0.3) is 0 Å². The van der Waals surface area contributed by atoms with E-state index in [0.29, 0.717) is 13.0 Å². The molecule has 1 aliphatic carbocycles. The molecule has 0 unspecified atom stereocenters. The average molecular weight is 320 g/mol. The number of ether oxygens (including phenoxy) is 1. The molecule has 1 N–H and O–H groups in total. The fourth-order valence-corrected chi connectivity index (χ4v) is 4.22. The van der Waals surface area contributed by atoms with Crippen molar-refractivity contribution in [3.63, 3.8) is 0 Å². The van der Waals surface area contributed by atoms with Gasteiger partial charge in [-0.3, -0.25) is 0 Å². The molecule has 1 amide bonds. The van der Waals surface area contributed by atoms with Gasteiger partial charge in [0.05, 0.1) is 5.25 Å². The summed E-state index contributed by atoms with van der Waals surface area (Å²) < 4.78 is 32.2. The zero-order chi connectivity index (χ0) is 15.8. The normalized spacial score (nSPS) is 27.0. The van der Waals surface area contributed by atoms with Crippen LogP contribution in [0.1, 0.15) is 54.8 Å². The lowest BCUT2D eigenvalue weighted by Crippen LogP contribution is -2.42. The molecule has 1 saturated heterocycles. The Hall–Kier alpha value is -0.820. The third kappa shape index (κ3) is 4.32. The first-order valence-electron chi connectivity index (χ1n) is 7.63. The lowest BCUT2D eigenvalue weighted by atomic mass is 10.1. The Labute approximate surface area is 128 Å². The van der Waals surface area contributed by atoms with Crippen molar-refractivity contribution in [2.45, 2.75) is 76.3 Å². The van der Waals surface area contributed by atoms with E-state index >= 15 is 0 Å². The molecule has 2 fully saturated rings. The fourth-order valence-electron chi connectivity index (χ4n) is 2.64. The van der Waals surface area contributed by atoms with Gasteiger partial charge in [-0.1, -0.05) is 6.92 Å². The molecular formula is C14H28N2O4S. The zero-order valence-corrected chi connectivity index (χ0v) is 14.1. The van der Waals surface area contributed by atoms with Gasteiger partial charge in [0.15, 0.2) is 0 Å². The maximum absolute atomic E-state index is 12.2. The molecule has 124 valence electrons. The highest BCUT2D eigenvalue weighted by molar-refractivity contribution is 7.90. The summed E-state index contributed by atoms with van der Waals surface area (Å²) in [5.74, 6) is 0. The average Bonchev–Trinajstić information content (AvgIpc) is 3.10. The van der Waals surface area contributed by atoms with Crippen LogP contribution in [0.3, 0.4) is 0 Å². The third-order valence-corrected chi connectivity index (χ3v) is 5.82. The second kappa shape index (κ2) is 5.76. The van der Waals surface area contributed by atoms with Crippen molar-refractivity contribution in [3.8, 4) is 0 Å². The number of sulfonamides is 1. The van der Waals surface area contributed by atoms with E-state index in [1.165, 1.54) is 0 Å². The van der Waals surface area contributed by atoms with Crippen molar-refractivity contribution < 1.29 is 19.4 Å². The topological polar surface area (TPSA) is 75.7 Å². The molecule has 2 rings (SSSR count). The van der Waals surface area contributed by atoms with Crippen molar-refractivity contribution in [1.82, 2.24) is 9.62 Å². The molecule has 0 spiro atoms. The van der Waals surface area contributed by atoms with Crippen LogP contribution in [-0.2, 0) is 14.8 Å². The van der Waals surface area contributed by atoms with Gasteiger partial charge < -0.3 is 9.64 Å². The lowest BCUT2D eigenvalue weighted by molar-refractivity contribution is 0.0221. The van der Waals surface area contributed by atoms with E-state index < -0.39 is 15.6 Å². The standard InChI is InChI=1S/C14H26N2O4S.H2/c1-5-11-8-10(15-21(18,19)12-6-7-12)9-16(11)13(17)20-14(2,3)4;/h10-12,15H,5-9H2,1-4H3;1H/t10-,11+;/m0./s1. The molecule has 0 radical (unpaired) electrons. The molecule has 0 bridgehead atoms. The van der Waals surface area contributed by atoms with Gasteiger partial charge in [0.25, 0.3) is 0 Å². The Morgan fingerprint density at radius 3 is 2.48 bits per heavy atom. The van der Waals surface area contributed by atoms with Crippen molar-refractivity contribution in [2.24, 2.45) is 0 Å². The number of amides is 1. The fraction of sp³-hybridized carbons (Fsp3) is 0.929. The van der Waals surface area contributed by atoms with Gasteiger partial charge in [-0.25, -0.2) is 17.9 Å². The van der Waals surface area contributed by atoms with Crippen molar-refractivity contribution >= 4 is 16.1 Å². The van der Waals surface area contributed by atoms with Gasteiger partial charge in [-0.05, 0) is 46.5 Å². The molecule has 7 heteroatoms. The molecule has 0 aromatic heterocycles. The highest BCUT2D eigenvalue weighted by atomic mass is 32.2. The number of hydrogen-bond donors (Lipinski definition) is 1. The van der Waals surface area contributed by atoms with E-state index in [1.54, 1.807) is 4.90 Å². The Kier molecular flexibility index (Phi) is 4.54. The van der Waals surface area contributed by atoms with Crippen LogP contribution in [0.5, 0.6) is 0 Å². The molecule has 1 heterocycles. The summed E-state index contributed by atoms with van der Waals surface area (Å²) in [5.41, 5.74) is -0.541. The minimum absolute atomic E-state index is 0. The largest absolute Gasteiger partial charge is 0.444 e. The number of hydrogen-bond acceptors (Lipinski definition) is 4. The highest BCUT2D eigenvalue weighted by Gasteiger charge is 2.42. The lowest BCUT2D eigenvalue weighted by Gasteiger charge is -2.28. The third-order valence-electron chi connectivity index (χ3n) is 3.81. The van der Waals surface area contributed by atoms with Crippen LogP contribution >= 0.6 is 0 Å². The summed E-state index contributed by atoms with van der Waals surface area (Å²) >= 11 is 0. The predicted octanol–water partition coefficient (Wildman–Crippen LogP) is 2.10. The molecule has 2 atom stereocenters. The van der Waals surface area contributed by atoms with Crippen LogP contribution in [0.15, 0.2) is 0 Å². The van der Waals surface area contributed by atoms with E-state index in [-0.39, 0.29) is 24.9 Å². The first kappa shape index (κ1) is 16.5. The molecule has 6 nitrogen and oxygen atoms in total. The molecule has 0 aromatic rings. The molecule has 1 aliphatic heterocycles. The van der Waals surface area contributed by atoms with Gasteiger partial charge in [0.1, 0.15) is 5.60 Å². The number of likely N-dealkylation sites (tertiary alicyclic amines) is 1. The van der Waals surface area contributed by atoms with Crippen LogP contribution in [0, 0.1) is 0 Å². The minimum atomic E-state index is -3.22. The number of rotatable bonds is 4. The van der Waals surface area contributed by atoms with E-state index in [4.69, 9.17) is 4.74 Å². The van der Waals surface area contributed by atoms with Gasteiger partial charge in [-0.2, -0.15) is 0 Å². The Morgan fingerprint density at radius 2 is 2.00 bits per heavy atom. The number of carbonyl (C=O) groups is 1. The summed E-state index contributed by atoms with van der Waals surface area (Å²) in [7, 11) is -3.22. The predicted molar refractivity (Wildman–Crippen MR) is 82.6 cm³/mol. The molecular weight excluding hydrogens is 292 g/mol. The van der Waals surface area contributed by atoms with E-state index in [9.17, 15) is 13.2 Å².